The van der Waals surface area contributed by atoms with Crippen LogP contribution in [0.1, 0.15) is 20.7 Å². The third-order valence-electron chi connectivity index (χ3n) is 1.87. The highest BCUT2D eigenvalue weighted by Gasteiger charge is 2.12. The summed E-state index contributed by atoms with van der Waals surface area (Å²) < 4.78 is 0. The summed E-state index contributed by atoms with van der Waals surface area (Å²) in [6, 6.07) is 1.52. The Labute approximate surface area is 98.6 Å². The number of pyridine rings is 1. The highest BCUT2D eigenvalue weighted by molar-refractivity contribution is 7.17. The molecule has 0 bridgehead atoms. The molecule has 0 aliphatic rings. The number of rotatable bonds is 2. The molecule has 0 aromatic carbocycles. The molecule has 6 heteroatoms. The second kappa shape index (κ2) is 3.89. The molecule has 0 saturated heterocycles. The Bertz CT molecular complexity index is 564. The Morgan fingerprint density at radius 2 is 2.00 bits per heavy atom. The van der Waals surface area contributed by atoms with Crippen LogP contribution in [0.25, 0.3) is 10.2 Å². The van der Waals surface area contributed by atoms with Crippen molar-refractivity contribution in [1.29, 1.82) is 0 Å². The van der Waals surface area contributed by atoms with E-state index in [9.17, 15) is 9.59 Å². The smallest absolute Gasteiger partial charge is 0.253 e. The fourth-order valence-electron chi connectivity index (χ4n) is 1.18. The van der Waals surface area contributed by atoms with E-state index in [0.717, 1.165) is 0 Å². The Hall–Kier alpha value is -0.970. The average molecular weight is 260 g/mol. The van der Waals surface area contributed by atoms with Crippen molar-refractivity contribution in [1.82, 2.24) is 4.98 Å². The summed E-state index contributed by atoms with van der Waals surface area (Å²) in [5, 5.41) is 0.993. The zero-order valence-electron chi connectivity index (χ0n) is 7.16. The zero-order valence-corrected chi connectivity index (χ0v) is 9.49. The maximum absolute atomic E-state index is 11.0. The number of nitrogens with zero attached hydrogens (tertiary/aromatic N) is 1. The van der Waals surface area contributed by atoms with Crippen LogP contribution in [0.4, 0.5) is 0 Å². The van der Waals surface area contributed by atoms with Crippen molar-refractivity contribution in [3.63, 3.8) is 0 Å². The summed E-state index contributed by atoms with van der Waals surface area (Å²) in [6.07, 6.45) is 1.37. The maximum atomic E-state index is 11.0. The van der Waals surface area contributed by atoms with Crippen LogP contribution >= 0.6 is 34.5 Å². The van der Waals surface area contributed by atoms with E-state index in [1.165, 1.54) is 23.6 Å². The van der Waals surface area contributed by atoms with Gasteiger partial charge in [0.25, 0.3) is 10.5 Å². The molecule has 0 fully saturated rings. The SMILES string of the molecule is O=C(Cl)c1cnc2scc(C(=O)Cl)c2c1. The highest BCUT2D eigenvalue weighted by atomic mass is 35.5. The summed E-state index contributed by atoms with van der Waals surface area (Å²) in [4.78, 5) is 26.6. The lowest BCUT2D eigenvalue weighted by molar-refractivity contribution is 0.107. The van der Waals surface area contributed by atoms with Gasteiger partial charge in [-0.2, -0.15) is 0 Å². The molecule has 0 radical (unpaired) electrons. The van der Waals surface area contributed by atoms with Crippen molar-refractivity contribution in [2.45, 2.75) is 0 Å². The van der Waals surface area contributed by atoms with Crippen molar-refractivity contribution < 1.29 is 9.59 Å². The first-order chi connectivity index (χ1) is 7.09. The fraction of sp³-hybridized carbons (Fsp3) is 0. The van der Waals surface area contributed by atoms with Gasteiger partial charge < -0.3 is 0 Å². The molecule has 0 aliphatic carbocycles. The van der Waals surface area contributed by atoms with Crippen molar-refractivity contribution in [2.75, 3.05) is 0 Å². The zero-order chi connectivity index (χ0) is 11.0. The minimum atomic E-state index is -0.608. The quantitative estimate of drug-likeness (QED) is 0.779. The molecular weight excluding hydrogens is 257 g/mol. The molecule has 2 heterocycles. The van der Waals surface area contributed by atoms with E-state index in [-0.39, 0.29) is 5.56 Å². The van der Waals surface area contributed by atoms with Crippen LogP contribution < -0.4 is 0 Å². The minimum Gasteiger partial charge on any atom is -0.276 e. The van der Waals surface area contributed by atoms with Gasteiger partial charge in [0.15, 0.2) is 0 Å². The molecule has 0 aliphatic heterocycles. The van der Waals surface area contributed by atoms with Gasteiger partial charge in [0.2, 0.25) is 0 Å². The van der Waals surface area contributed by atoms with Gasteiger partial charge in [-0.15, -0.1) is 11.3 Å². The summed E-state index contributed by atoms with van der Waals surface area (Å²) >= 11 is 12.0. The number of carbonyl (C=O) groups excluding carboxylic acids is 2. The molecule has 2 rings (SSSR count). The number of carbonyl (C=O) groups is 2. The lowest BCUT2D eigenvalue weighted by Crippen LogP contribution is -1.91. The van der Waals surface area contributed by atoms with Gasteiger partial charge in [0.1, 0.15) is 4.83 Å². The molecule has 3 nitrogen and oxygen atoms in total. The Kier molecular flexibility index (Phi) is 2.73. The maximum Gasteiger partial charge on any atom is 0.253 e. The molecule has 0 saturated carbocycles. The van der Waals surface area contributed by atoms with E-state index in [0.29, 0.717) is 15.8 Å². The average Bonchev–Trinajstić information content (AvgIpc) is 2.59. The van der Waals surface area contributed by atoms with E-state index in [1.54, 1.807) is 5.38 Å². The molecule has 0 unspecified atom stereocenters. The summed E-state index contributed by atoms with van der Waals surface area (Å²) in [7, 11) is 0. The van der Waals surface area contributed by atoms with Crippen molar-refractivity contribution >= 4 is 55.2 Å². The first-order valence-corrected chi connectivity index (χ1v) is 5.50. The lowest BCUT2D eigenvalue weighted by atomic mass is 10.2. The molecule has 2 aromatic rings. The fourth-order valence-corrected chi connectivity index (χ4v) is 2.37. The minimum absolute atomic E-state index is 0.252. The van der Waals surface area contributed by atoms with Gasteiger partial charge in [-0.1, -0.05) is 0 Å². The Morgan fingerprint density at radius 3 is 2.60 bits per heavy atom. The van der Waals surface area contributed by atoms with Crippen LogP contribution in [0.15, 0.2) is 17.6 Å². The molecule has 0 atom stereocenters. The van der Waals surface area contributed by atoms with Gasteiger partial charge in [0, 0.05) is 17.0 Å². The number of fused-ring (bicyclic) bond motifs is 1. The number of hydrogen-bond acceptors (Lipinski definition) is 4. The normalized spacial score (nSPS) is 10.5. The van der Waals surface area contributed by atoms with Crippen molar-refractivity contribution in [3.8, 4) is 0 Å². The van der Waals surface area contributed by atoms with Gasteiger partial charge in [-0.05, 0) is 29.3 Å². The number of thiophene rings is 1. The second-order valence-corrected chi connectivity index (χ2v) is 4.32. The summed E-state index contributed by atoms with van der Waals surface area (Å²) in [5.41, 5.74) is 0.602. The third kappa shape index (κ3) is 1.88. The van der Waals surface area contributed by atoms with E-state index in [4.69, 9.17) is 23.2 Å². The molecule has 0 N–H and O–H groups in total. The summed E-state index contributed by atoms with van der Waals surface area (Å²) in [5.74, 6) is 0. The summed E-state index contributed by atoms with van der Waals surface area (Å²) in [6.45, 7) is 0. The molecule has 76 valence electrons. The first-order valence-electron chi connectivity index (χ1n) is 3.86. The highest BCUT2D eigenvalue weighted by Crippen LogP contribution is 2.26. The van der Waals surface area contributed by atoms with Crippen LogP contribution in [0.5, 0.6) is 0 Å². The first kappa shape index (κ1) is 10.5. The molecule has 0 spiro atoms. The third-order valence-corrected chi connectivity index (χ3v) is 3.19. The van der Waals surface area contributed by atoms with E-state index in [1.807, 2.05) is 0 Å². The number of hydrogen-bond donors (Lipinski definition) is 0. The topological polar surface area (TPSA) is 47.0 Å². The van der Waals surface area contributed by atoms with E-state index < -0.39 is 10.5 Å². The lowest BCUT2D eigenvalue weighted by Gasteiger charge is -1.94. The van der Waals surface area contributed by atoms with Crippen LogP contribution in [0, 0.1) is 0 Å². The van der Waals surface area contributed by atoms with Crippen LogP contribution in [0.3, 0.4) is 0 Å². The Morgan fingerprint density at radius 1 is 1.27 bits per heavy atom. The number of aromatic nitrogens is 1. The number of halogens is 2. The van der Waals surface area contributed by atoms with Gasteiger partial charge in [-0.25, -0.2) is 4.98 Å². The van der Waals surface area contributed by atoms with Crippen molar-refractivity contribution in [3.05, 3.63) is 28.8 Å². The van der Waals surface area contributed by atoms with Crippen LogP contribution in [-0.4, -0.2) is 15.5 Å². The molecule has 0 amide bonds. The van der Waals surface area contributed by atoms with Gasteiger partial charge >= 0.3 is 0 Å². The largest absolute Gasteiger partial charge is 0.276 e. The molecule has 2 aromatic heterocycles. The van der Waals surface area contributed by atoms with Crippen LogP contribution in [0.2, 0.25) is 0 Å². The monoisotopic (exact) mass is 259 g/mol. The second-order valence-electron chi connectivity index (χ2n) is 2.77. The molecular formula is C9H3Cl2NO2S. The molecule has 15 heavy (non-hydrogen) atoms. The van der Waals surface area contributed by atoms with Gasteiger partial charge in [0.05, 0.1) is 11.1 Å². The predicted molar refractivity (Wildman–Crippen MR) is 60.0 cm³/mol. The standard InChI is InChI=1S/C9H3Cl2NO2S/c10-7(13)4-1-5-6(8(11)14)3-15-9(5)12-2-4/h1-3H. The predicted octanol–water partition coefficient (Wildman–Crippen LogP) is 3.05. The Balaban J connectivity index is 2.72. The van der Waals surface area contributed by atoms with Crippen molar-refractivity contribution in [2.24, 2.45) is 0 Å². The van der Waals surface area contributed by atoms with E-state index in [2.05, 4.69) is 4.98 Å². The van der Waals surface area contributed by atoms with E-state index >= 15 is 0 Å². The van der Waals surface area contributed by atoms with Gasteiger partial charge in [-0.3, -0.25) is 9.59 Å². The van der Waals surface area contributed by atoms with Crippen LogP contribution in [-0.2, 0) is 0 Å².